The fourth-order valence-corrected chi connectivity index (χ4v) is 4.04. The summed E-state index contributed by atoms with van der Waals surface area (Å²) in [6.45, 7) is 3.86. The normalized spacial score (nSPS) is 13.2. The average molecular weight is 441 g/mol. The summed E-state index contributed by atoms with van der Waals surface area (Å²) in [4.78, 5) is 32.1. The first-order chi connectivity index (χ1) is 16.1. The average Bonchev–Trinajstić information content (AvgIpc) is 3.55. The van der Waals surface area contributed by atoms with Crippen molar-refractivity contribution >= 4 is 22.6 Å². The van der Waals surface area contributed by atoms with Gasteiger partial charge >= 0.3 is 0 Å². The zero-order valence-corrected chi connectivity index (χ0v) is 18.0. The number of pyridine rings is 2. The van der Waals surface area contributed by atoms with Gasteiger partial charge in [0.15, 0.2) is 0 Å². The molecule has 7 nitrogen and oxygen atoms in total. The topological polar surface area (TPSA) is 100 Å². The molecule has 3 aromatic heterocycles. The second-order valence-corrected chi connectivity index (χ2v) is 8.41. The molecule has 3 heterocycles. The van der Waals surface area contributed by atoms with Gasteiger partial charge in [0.2, 0.25) is 5.91 Å². The number of aliphatic hydroxyl groups excluding tert-OH is 1. The van der Waals surface area contributed by atoms with Crippen LogP contribution in [0.4, 0.5) is 5.69 Å². The Bertz CT molecular complexity index is 1430. The van der Waals surface area contributed by atoms with Gasteiger partial charge in [-0.2, -0.15) is 0 Å². The standard InChI is InChI=1S/C26H24N4O3/c1-2-24(32)29-21-5-3-4-17(9-21)18-10-22-23(12-28-25(22)27-11-18)19-8-20(15-31)26(33)30(14-19)13-16-6-7-16/h2-5,8-12,14,16,31H,1,6-7,13,15H2,(H,27,28)(H,29,32). The number of anilines is 1. The molecule has 7 heteroatoms. The third-order valence-corrected chi connectivity index (χ3v) is 5.97. The van der Waals surface area contributed by atoms with Gasteiger partial charge in [0.05, 0.1) is 6.61 Å². The molecule has 1 amide bonds. The number of aliphatic hydroxyl groups is 1. The lowest BCUT2D eigenvalue weighted by Gasteiger charge is -2.11. The molecule has 3 N–H and O–H groups in total. The van der Waals surface area contributed by atoms with Gasteiger partial charge in [-0.25, -0.2) is 4.98 Å². The maximum atomic E-state index is 12.7. The predicted molar refractivity (Wildman–Crippen MR) is 129 cm³/mol. The van der Waals surface area contributed by atoms with Crippen molar-refractivity contribution in [1.29, 1.82) is 0 Å². The van der Waals surface area contributed by atoms with Gasteiger partial charge in [0, 0.05) is 58.5 Å². The molecule has 0 spiro atoms. The summed E-state index contributed by atoms with van der Waals surface area (Å²) in [5.74, 6) is 0.268. The van der Waals surface area contributed by atoms with Crippen molar-refractivity contribution in [3.05, 3.63) is 83.6 Å². The summed E-state index contributed by atoms with van der Waals surface area (Å²) in [6.07, 6.45) is 9.04. The number of H-pyrrole nitrogens is 1. The lowest BCUT2D eigenvalue weighted by atomic mass is 10.0. The third kappa shape index (κ3) is 4.23. The van der Waals surface area contributed by atoms with Crippen molar-refractivity contribution in [2.24, 2.45) is 5.92 Å². The van der Waals surface area contributed by atoms with E-state index in [2.05, 4.69) is 21.9 Å². The van der Waals surface area contributed by atoms with E-state index in [0.717, 1.165) is 46.1 Å². The number of hydrogen-bond donors (Lipinski definition) is 3. The van der Waals surface area contributed by atoms with Crippen LogP contribution in [0, 0.1) is 5.92 Å². The van der Waals surface area contributed by atoms with E-state index in [4.69, 9.17) is 0 Å². The first kappa shape index (κ1) is 20.9. The van der Waals surface area contributed by atoms with Crippen molar-refractivity contribution in [2.75, 3.05) is 5.32 Å². The van der Waals surface area contributed by atoms with Gasteiger partial charge in [-0.15, -0.1) is 0 Å². The van der Waals surface area contributed by atoms with Crippen LogP contribution in [0.3, 0.4) is 0 Å². The maximum absolute atomic E-state index is 12.7. The summed E-state index contributed by atoms with van der Waals surface area (Å²) in [5, 5.41) is 13.4. The first-order valence-corrected chi connectivity index (χ1v) is 10.9. The fourth-order valence-electron chi connectivity index (χ4n) is 4.04. The molecule has 1 aliphatic carbocycles. The molecule has 33 heavy (non-hydrogen) atoms. The Morgan fingerprint density at radius 3 is 2.85 bits per heavy atom. The molecular formula is C26H24N4O3. The molecule has 5 rings (SSSR count). The first-order valence-electron chi connectivity index (χ1n) is 10.9. The molecule has 4 aromatic rings. The van der Waals surface area contributed by atoms with Crippen LogP contribution in [0.15, 0.2) is 72.4 Å². The van der Waals surface area contributed by atoms with Crippen LogP contribution in [0.5, 0.6) is 0 Å². The summed E-state index contributed by atoms with van der Waals surface area (Å²) in [7, 11) is 0. The Hall–Kier alpha value is -3.97. The highest BCUT2D eigenvalue weighted by molar-refractivity contribution is 5.99. The molecule has 1 saturated carbocycles. The number of rotatable bonds is 7. The third-order valence-electron chi connectivity index (χ3n) is 5.97. The minimum atomic E-state index is -0.299. The van der Waals surface area contributed by atoms with E-state index in [1.54, 1.807) is 16.8 Å². The second-order valence-electron chi connectivity index (χ2n) is 8.41. The summed E-state index contributed by atoms with van der Waals surface area (Å²) >= 11 is 0. The van der Waals surface area contributed by atoms with Crippen LogP contribution in [0.1, 0.15) is 18.4 Å². The van der Waals surface area contributed by atoms with E-state index >= 15 is 0 Å². The molecule has 0 unspecified atom stereocenters. The number of hydrogen-bond acceptors (Lipinski definition) is 4. The van der Waals surface area contributed by atoms with E-state index in [1.807, 2.05) is 42.7 Å². The lowest BCUT2D eigenvalue weighted by molar-refractivity contribution is -0.111. The van der Waals surface area contributed by atoms with Gasteiger partial charge in [-0.05, 0) is 54.7 Å². The van der Waals surface area contributed by atoms with Gasteiger partial charge in [-0.3, -0.25) is 9.59 Å². The Morgan fingerprint density at radius 2 is 2.09 bits per heavy atom. The quantitative estimate of drug-likeness (QED) is 0.377. The molecular weight excluding hydrogens is 416 g/mol. The van der Waals surface area contributed by atoms with Crippen molar-refractivity contribution in [3.8, 4) is 22.3 Å². The van der Waals surface area contributed by atoms with Crippen LogP contribution in [-0.4, -0.2) is 25.5 Å². The minimum absolute atomic E-state index is 0.134. The Morgan fingerprint density at radius 1 is 1.24 bits per heavy atom. The Kier molecular flexibility index (Phi) is 5.40. The monoisotopic (exact) mass is 440 g/mol. The fraction of sp³-hybridized carbons (Fsp3) is 0.192. The van der Waals surface area contributed by atoms with E-state index < -0.39 is 0 Å². The van der Waals surface area contributed by atoms with Crippen LogP contribution in [0.25, 0.3) is 33.3 Å². The number of benzene rings is 1. The zero-order chi connectivity index (χ0) is 22.9. The van der Waals surface area contributed by atoms with Gasteiger partial charge in [0.25, 0.3) is 5.56 Å². The minimum Gasteiger partial charge on any atom is -0.391 e. The highest BCUT2D eigenvalue weighted by Gasteiger charge is 2.23. The van der Waals surface area contributed by atoms with E-state index in [0.29, 0.717) is 23.7 Å². The van der Waals surface area contributed by atoms with Crippen LogP contribution in [0.2, 0.25) is 0 Å². The van der Waals surface area contributed by atoms with E-state index in [-0.39, 0.29) is 18.1 Å². The van der Waals surface area contributed by atoms with Gasteiger partial charge < -0.3 is 20.0 Å². The molecule has 166 valence electrons. The number of carbonyl (C=O) groups is 1. The molecule has 0 atom stereocenters. The molecule has 1 aliphatic rings. The molecule has 1 aromatic carbocycles. The van der Waals surface area contributed by atoms with Crippen molar-refractivity contribution in [1.82, 2.24) is 14.5 Å². The largest absolute Gasteiger partial charge is 0.391 e. The van der Waals surface area contributed by atoms with Crippen molar-refractivity contribution < 1.29 is 9.90 Å². The number of aromatic amines is 1. The lowest BCUT2D eigenvalue weighted by Crippen LogP contribution is -2.24. The van der Waals surface area contributed by atoms with Gasteiger partial charge in [0.1, 0.15) is 5.65 Å². The number of amides is 1. The van der Waals surface area contributed by atoms with Crippen LogP contribution >= 0.6 is 0 Å². The SMILES string of the molecule is C=CC(=O)Nc1cccc(-c2cnc3[nH]cc(-c4cc(CO)c(=O)n(CC5CC5)c4)c3c2)c1. The van der Waals surface area contributed by atoms with Crippen LogP contribution in [-0.2, 0) is 17.9 Å². The smallest absolute Gasteiger partial charge is 0.256 e. The maximum Gasteiger partial charge on any atom is 0.256 e. The summed E-state index contributed by atoms with van der Waals surface area (Å²) < 4.78 is 1.72. The molecule has 1 fully saturated rings. The molecule has 0 aliphatic heterocycles. The number of carbonyl (C=O) groups excluding carboxylic acids is 1. The number of fused-ring (bicyclic) bond motifs is 1. The Balaban J connectivity index is 1.57. The molecule has 0 radical (unpaired) electrons. The molecule has 0 bridgehead atoms. The van der Waals surface area contributed by atoms with E-state index in [9.17, 15) is 14.7 Å². The van der Waals surface area contributed by atoms with E-state index in [1.165, 1.54) is 6.08 Å². The van der Waals surface area contributed by atoms with Gasteiger partial charge in [-0.1, -0.05) is 18.7 Å². The van der Waals surface area contributed by atoms with Crippen molar-refractivity contribution in [2.45, 2.75) is 26.0 Å². The summed E-state index contributed by atoms with van der Waals surface area (Å²) in [6, 6.07) is 11.3. The second kappa shape index (κ2) is 8.52. The van der Waals surface area contributed by atoms with Crippen molar-refractivity contribution in [3.63, 3.8) is 0 Å². The number of nitrogens with zero attached hydrogens (tertiary/aromatic N) is 2. The number of nitrogens with one attached hydrogen (secondary N) is 2. The number of aromatic nitrogens is 3. The van der Waals surface area contributed by atoms with Crippen LogP contribution < -0.4 is 10.9 Å². The summed E-state index contributed by atoms with van der Waals surface area (Å²) in [5.41, 5.74) is 5.23. The highest BCUT2D eigenvalue weighted by atomic mass is 16.3. The zero-order valence-electron chi connectivity index (χ0n) is 18.0. The predicted octanol–water partition coefficient (Wildman–Crippen LogP) is 4.09. The molecule has 0 saturated heterocycles. The highest BCUT2D eigenvalue weighted by Crippen LogP contribution is 2.33. The Labute approximate surface area is 190 Å².